The first kappa shape index (κ1) is 24.7. The molecule has 31 heavy (non-hydrogen) atoms. The minimum absolute atomic E-state index is 0.114. The Hall–Kier alpha value is -2.54. The number of ketones is 1. The molecule has 0 N–H and O–H groups in total. The lowest BCUT2D eigenvalue weighted by molar-refractivity contribution is -0.161. The van der Waals surface area contributed by atoms with Crippen LogP contribution in [0.5, 0.6) is 11.5 Å². The quantitative estimate of drug-likeness (QED) is 0.459. The molecule has 170 valence electrons. The molecule has 1 aromatic carbocycles. The van der Waals surface area contributed by atoms with Crippen LogP contribution in [0.25, 0.3) is 6.08 Å². The van der Waals surface area contributed by atoms with E-state index >= 15 is 0 Å². The number of Topliss-reactive ketones (excluding diaryl/α,β-unsaturated/α-hetero) is 1. The summed E-state index contributed by atoms with van der Waals surface area (Å²) in [5.41, 5.74) is -0.671. The molecule has 0 radical (unpaired) electrons. The van der Waals surface area contributed by atoms with Gasteiger partial charge in [-0.15, -0.1) is 0 Å². The highest BCUT2D eigenvalue weighted by atomic mass is 35.5. The monoisotopic (exact) mass is 451 g/mol. The van der Waals surface area contributed by atoms with E-state index in [9.17, 15) is 14.4 Å². The first-order chi connectivity index (χ1) is 14.4. The molecule has 7 nitrogen and oxygen atoms in total. The average molecular weight is 452 g/mol. The molecule has 1 saturated heterocycles. The lowest BCUT2D eigenvalue weighted by Gasteiger charge is -2.51. The molecule has 0 aliphatic carbocycles. The molecule has 1 aromatic rings. The summed E-state index contributed by atoms with van der Waals surface area (Å²) in [6, 6.07) is 3.33. The van der Waals surface area contributed by atoms with Crippen LogP contribution in [0.3, 0.4) is 0 Å². The molecule has 1 aliphatic rings. The van der Waals surface area contributed by atoms with Gasteiger partial charge in [-0.3, -0.25) is 9.59 Å². The van der Waals surface area contributed by atoms with Crippen LogP contribution in [0.15, 0.2) is 18.2 Å². The number of halogens is 1. The number of nitrogens with zero attached hydrogens (tertiary/aromatic N) is 1. The number of hydrogen-bond donors (Lipinski definition) is 0. The van der Waals surface area contributed by atoms with E-state index < -0.39 is 23.7 Å². The van der Waals surface area contributed by atoms with Crippen molar-refractivity contribution in [2.45, 2.75) is 58.5 Å². The zero-order valence-electron chi connectivity index (χ0n) is 18.9. The molecule has 0 unspecified atom stereocenters. The number of hydrogen-bond acceptors (Lipinski definition) is 6. The zero-order valence-corrected chi connectivity index (χ0v) is 19.7. The van der Waals surface area contributed by atoms with Gasteiger partial charge in [-0.1, -0.05) is 11.6 Å². The highest BCUT2D eigenvalue weighted by molar-refractivity contribution is 6.32. The number of amides is 1. The van der Waals surface area contributed by atoms with E-state index in [1.165, 1.54) is 19.3 Å². The summed E-state index contributed by atoms with van der Waals surface area (Å²) in [5.74, 6) is -0.00948. The van der Waals surface area contributed by atoms with Crippen molar-refractivity contribution in [1.82, 2.24) is 4.90 Å². The van der Waals surface area contributed by atoms with E-state index in [0.717, 1.165) is 0 Å². The van der Waals surface area contributed by atoms with Crippen LogP contribution in [0.1, 0.15) is 53.0 Å². The number of piperidine rings is 1. The van der Waals surface area contributed by atoms with Crippen molar-refractivity contribution in [3.8, 4) is 11.5 Å². The Morgan fingerprint density at radius 2 is 1.77 bits per heavy atom. The summed E-state index contributed by atoms with van der Waals surface area (Å²) in [6.07, 6.45) is 3.29. The second-order valence-electron chi connectivity index (χ2n) is 8.65. The second-order valence-corrected chi connectivity index (χ2v) is 9.06. The van der Waals surface area contributed by atoms with Crippen LogP contribution in [-0.4, -0.2) is 54.0 Å². The SMILES string of the molecule is CCOc1cc(/C=C/C(=O)OCC(=O)N2C(C)(C)CC(=O)CC2(C)C)cc(Cl)c1OC. The Bertz CT molecular complexity index is 870. The number of esters is 1. The fourth-order valence-electron chi connectivity index (χ4n) is 4.24. The lowest BCUT2D eigenvalue weighted by atomic mass is 9.79. The van der Waals surface area contributed by atoms with Gasteiger partial charge in [0.05, 0.1) is 18.7 Å². The van der Waals surface area contributed by atoms with Gasteiger partial charge in [-0.25, -0.2) is 4.79 Å². The topological polar surface area (TPSA) is 82.1 Å². The van der Waals surface area contributed by atoms with Crippen LogP contribution in [0.2, 0.25) is 5.02 Å². The first-order valence-corrected chi connectivity index (χ1v) is 10.5. The summed E-state index contributed by atoms with van der Waals surface area (Å²) in [4.78, 5) is 38.7. The second kappa shape index (κ2) is 9.73. The van der Waals surface area contributed by atoms with Crippen molar-refractivity contribution in [2.75, 3.05) is 20.3 Å². The summed E-state index contributed by atoms with van der Waals surface area (Å²) in [7, 11) is 1.49. The van der Waals surface area contributed by atoms with Gasteiger partial charge in [0, 0.05) is 30.0 Å². The first-order valence-electron chi connectivity index (χ1n) is 10.1. The number of carbonyl (C=O) groups is 3. The van der Waals surface area contributed by atoms with E-state index in [1.807, 2.05) is 34.6 Å². The fraction of sp³-hybridized carbons (Fsp3) is 0.522. The molecule has 2 rings (SSSR count). The number of rotatable bonds is 7. The third kappa shape index (κ3) is 6.00. The van der Waals surface area contributed by atoms with Gasteiger partial charge in [0.15, 0.2) is 18.1 Å². The Labute approximate surface area is 188 Å². The molecular weight excluding hydrogens is 422 g/mol. The van der Waals surface area contributed by atoms with Crippen LogP contribution in [0, 0.1) is 0 Å². The van der Waals surface area contributed by atoms with Gasteiger partial charge in [0.1, 0.15) is 5.78 Å². The third-order valence-electron chi connectivity index (χ3n) is 5.01. The third-order valence-corrected chi connectivity index (χ3v) is 5.29. The molecule has 0 aromatic heterocycles. The van der Waals surface area contributed by atoms with Gasteiger partial charge in [-0.2, -0.15) is 0 Å². The van der Waals surface area contributed by atoms with Crippen molar-refractivity contribution in [1.29, 1.82) is 0 Å². The highest BCUT2D eigenvalue weighted by Gasteiger charge is 2.47. The van der Waals surface area contributed by atoms with Gasteiger partial charge in [0.2, 0.25) is 0 Å². The molecule has 0 bridgehead atoms. The van der Waals surface area contributed by atoms with Gasteiger partial charge in [-0.05, 0) is 58.4 Å². The maximum atomic E-state index is 12.8. The van der Waals surface area contributed by atoms with Crippen LogP contribution < -0.4 is 9.47 Å². The van der Waals surface area contributed by atoms with E-state index in [0.29, 0.717) is 28.7 Å². The van der Waals surface area contributed by atoms with E-state index in [4.69, 9.17) is 25.8 Å². The highest BCUT2D eigenvalue weighted by Crippen LogP contribution is 2.37. The van der Waals surface area contributed by atoms with Crippen molar-refractivity contribution in [3.05, 3.63) is 28.8 Å². The molecule has 1 fully saturated rings. The molecule has 1 amide bonds. The molecular formula is C23H30ClNO6. The van der Waals surface area contributed by atoms with Gasteiger partial charge < -0.3 is 19.1 Å². The predicted molar refractivity (Wildman–Crippen MR) is 118 cm³/mol. The van der Waals surface area contributed by atoms with Crippen molar-refractivity contribution >= 4 is 35.3 Å². The standard InChI is InChI=1S/C23H30ClNO6/c1-7-30-18-11-15(10-17(24)21(18)29-6)8-9-20(28)31-14-19(27)25-22(2,3)12-16(26)13-23(25,4)5/h8-11H,7,12-14H2,1-6H3/b9-8+. The van der Waals surface area contributed by atoms with E-state index in [-0.39, 0.29) is 24.5 Å². The number of likely N-dealkylation sites (tertiary alicyclic amines) is 1. The Morgan fingerprint density at radius 1 is 1.16 bits per heavy atom. The smallest absolute Gasteiger partial charge is 0.331 e. The lowest BCUT2D eigenvalue weighted by Crippen LogP contribution is -2.63. The zero-order chi connectivity index (χ0) is 23.4. The van der Waals surface area contributed by atoms with Gasteiger partial charge >= 0.3 is 5.97 Å². The number of methoxy groups -OCH3 is 1. The largest absolute Gasteiger partial charge is 0.491 e. The fourth-order valence-corrected chi connectivity index (χ4v) is 4.53. The summed E-state index contributed by atoms with van der Waals surface area (Å²) < 4.78 is 15.9. The maximum Gasteiger partial charge on any atom is 0.331 e. The Kier molecular flexibility index (Phi) is 7.76. The molecule has 8 heteroatoms. The Balaban J connectivity index is 2.06. The molecule has 0 atom stereocenters. The minimum atomic E-state index is -0.665. The molecule has 0 spiro atoms. The molecule has 0 saturated carbocycles. The average Bonchev–Trinajstić information content (AvgIpc) is 2.62. The summed E-state index contributed by atoms with van der Waals surface area (Å²) in [6.45, 7) is 9.23. The Morgan fingerprint density at radius 3 is 2.32 bits per heavy atom. The van der Waals surface area contributed by atoms with Crippen molar-refractivity contribution in [2.24, 2.45) is 0 Å². The van der Waals surface area contributed by atoms with Crippen molar-refractivity contribution < 1.29 is 28.6 Å². The normalized spacial score (nSPS) is 17.5. The van der Waals surface area contributed by atoms with Crippen molar-refractivity contribution in [3.63, 3.8) is 0 Å². The maximum absolute atomic E-state index is 12.8. The summed E-state index contributed by atoms with van der Waals surface area (Å²) in [5, 5.41) is 0.348. The van der Waals surface area contributed by atoms with E-state index in [1.54, 1.807) is 17.0 Å². The molecule has 1 heterocycles. The summed E-state index contributed by atoms with van der Waals surface area (Å²) >= 11 is 6.21. The number of carbonyl (C=O) groups excluding carboxylic acids is 3. The number of benzene rings is 1. The van der Waals surface area contributed by atoms with E-state index in [2.05, 4.69) is 0 Å². The van der Waals surface area contributed by atoms with Crippen LogP contribution >= 0.6 is 11.6 Å². The predicted octanol–water partition coefficient (Wildman–Crippen LogP) is 4.05. The van der Waals surface area contributed by atoms with Crippen LogP contribution in [0.4, 0.5) is 0 Å². The van der Waals surface area contributed by atoms with Crippen LogP contribution in [-0.2, 0) is 19.1 Å². The minimum Gasteiger partial charge on any atom is -0.491 e. The molecule has 1 aliphatic heterocycles. The number of ether oxygens (including phenoxy) is 3. The van der Waals surface area contributed by atoms with Gasteiger partial charge in [0.25, 0.3) is 5.91 Å².